The number of amides is 1. The lowest BCUT2D eigenvalue weighted by molar-refractivity contribution is -0.113. The number of anilines is 1. The van der Waals surface area contributed by atoms with Crippen molar-refractivity contribution < 1.29 is 4.79 Å². The van der Waals surface area contributed by atoms with E-state index in [1.54, 1.807) is 6.20 Å². The summed E-state index contributed by atoms with van der Waals surface area (Å²) in [5.74, 6) is 0.0364. The maximum absolute atomic E-state index is 12.0. The number of thioether (sulfide) groups is 1. The van der Waals surface area contributed by atoms with Crippen LogP contribution in [0.15, 0.2) is 53.7 Å². The number of para-hydroxylation sites is 1. The Balaban J connectivity index is 1.60. The molecule has 0 aliphatic carbocycles. The van der Waals surface area contributed by atoms with Gasteiger partial charge >= 0.3 is 0 Å². The number of carbonyl (C=O) groups excluding carboxylic acids is 1. The summed E-state index contributed by atoms with van der Waals surface area (Å²) < 4.78 is 2.05. The molecule has 7 nitrogen and oxygen atoms in total. The van der Waals surface area contributed by atoms with Gasteiger partial charge in [0.1, 0.15) is 5.52 Å². The summed E-state index contributed by atoms with van der Waals surface area (Å²) in [6.45, 7) is 4.44. The topological polar surface area (TPSA) is 85.6 Å². The molecule has 3 heterocycles. The van der Waals surface area contributed by atoms with E-state index in [1.807, 2.05) is 40.3 Å². The fraction of sp³-hybridized carbons (Fsp3) is 0.118. The third-order valence-corrected chi connectivity index (χ3v) is 5.20. The minimum atomic E-state index is -0.153. The zero-order valence-corrected chi connectivity index (χ0v) is 15.3. The Morgan fingerprint density at radius 3 is 3.04 bits per heavy atom. The Hall–Kier alpha value is -2.78. The number of rotatable bonds is 6. The summed E-state index contributed by atoms with van der Waals surface area (Å²) in [5, 5.41) is 15.1. The van der Waals surface area contributed by atoms with Gasteiger partial charge in [-0.25, -0.2) is 9.97 Å². The first-order valence-electron chi connectivity index (χ1n) is 7.81. The predicted octanol–water partition coefficient (Wildman–Crippen LogP) is 3.35. The molecule has 0 aliphatic rings. The number of hydrogen-bond acceptors (Lipinski definition) is 7. The highest BCUT2D eigenvalue weighted by Crippen LogP contribution is 2.27. The summed E-state index contributed by atoms with van der Waals surface area (Å²) in [4.78, 5) is 20.6. The van der Waals surface area contributed by atoms with E-state index in [9.17, 15) is 4.79 Å². The van der Waals surface area contributed by atoms with Crippen molar-refractivity contribution >= 4 is 56.2 Å². The van der Waals surface area contributed by atoms with Gasteiger partial charge in [0.05, 0.1) is 11.3 Å². The molecule has 0 saturated heterocycles. The molecule has 26 heavy (non-hydrogen) atoms. The van der Waals surface area contributed by atoms with Gasteiger partial charge in [0, 0.05) is 23.5 Å². The van der Waals surface area contributed by atoms with Crippen molar-refractivity contribution in [3.63, 3.8) is 0 Å². The van der Waals surface area contributed by atoms with Crippen LogP contribution in [0.2, 0.25) is 0 Å². The molecule has 4 aromatic rings. The Kier molecular flexibility index (Phi) is 4.63. The lowest BCUT2D eigenvalue weighted by atomic mass is 10.2. The van der Waals surface area contributed by atoms with Crippen molar-refractivity contribution in [1.82, 2.24) is 24.7 Å². The van der Waals surface area contributed by atoms with E-state index >= 15 is 0 Å². The van der Waals surface area contributed by atoms with Crippen LogP contribution >= 0.6 is 23.1 Å². The number of aromatic nitrogens is 5. The van der Waals surface area contributed by atoms with Crippen LogP contribution in [0.25, 0.3) is 22.1 Å². The molecule has 1 amide bonds. The molecule has 1 N–H and O–H groups in total. The molecule has 3 aromatic heterocycles. The maximum atomic E-state index is 12.0. The van der Waals surface area contributed by atoms with Gasteiger partial charge in [0.25, 0.3) is 0 Å². The smallest absolute Gasteiger partial charge is 0.236 e. The normalized spacial score (nSPS) is 11.1. The first-order chi connectivity index (χ1) is 12.8. The minimum Gasteiger partial charge on any atom is -0.320 e. The number of benzene rings is 1. The Morgan fingerprint density at radius 2 is 2.23 bits per heavy atom. The Labute approximate surface area is 157 Å². The molecule has 0 atom stereocenters. The van der Waals surface area contributed by atoms with Gasteiger partial charge in [0.15, 0.2) is 10.8 Å². The van der Waals surface area contributed by atoms with Crippen LogP contribution in [-0.2, 0) is 11.3 Å². The Morgan fingerprint density at radius 1 is 1.35 bits per heavy atom. The quantitative estimate of drug-likeness (QED) is 0.407. The fourth-order valence-corrected chi connectivity index (χ4v) is 3.76. The van der Waals surface area contributed by atoms with Crippen LogP contribution in [0.4, 0.5) is 5.13 Å². The van der Waals surface area contributed by atoms with E-state index in [0.29, 0.717) is 16.8 Å². The number of nitrogens with zero attached hydrogens (tertiary/aromatic N) is 5. The second kappa shape index (κ2) is 7.22. The van der Waals surface area contributed by atoms with Gasteiger partial charge in [-0.1, -0.05) is 36.0 Å². The SMILES string of the molecule is C=CCn1c2ccccc2c2nnc(SCC(=O)Nc3nccs3)nc21. The highest BCUT2D eigenvalue weighted by Gasteiger charge is 2.15. The van der Waals surface area contributed by atoms with E-state index in [0.717, 1.165) is 22.1 Å². The van der Waals surface area contributed by atoms with Crippen molar-refractivity contribution in [1.29, 1.82) is 0 Å². The van der Waals surface area contributed by atoms with Gasteiger partial charge in [0.2, 0.25) is 11.1 Å². The molecule has 0 bridgehead atoms. The Bertz CT molecular complexity index is 1090. The first kappa shape index (κ1) is 16.7. The largest absolute Gasteiger partial charge is 0.320 e. The summed E-state index contributed by atoms with van der Waals surface area (Å²) in [6, 6.07) is 7.97. The van der Waals surface area contributed by atoms with Gasteiger partial charge in [-0.05, 0) is 6.07 Å². The molecule has 130 valence electrons. The van der Waals surface area contributed by atoms with Gasteiger partial charge in [-0.2, -0.15) is 0 Å². The van der Waals surface area contributed by atoms with Crippen molar-refractivity contribution in [3.8, 4) is 0 Å². The number of allylic oxidation sites excluding steroid dienone is 1. The second-order valence-electron chi connectivity index (χ2n) is 5.36. The van der Waals surface area contributed by atoms with Crippen molar-refractivity contribution in [2.45, 2.75) is 11.7 Å². The average Bonchev–Trinajstić information content (AvgIpc) is 3.27. The summed E-state index contributed by atoms with van der Waals surface area (Å²) in [5.41, 5.74) is 2.52. The van der Waals surface area contributed by atoms with Crippen LogP contribution in [0.5, 0.6) is 0 Å². The molecule has 4 rings (SSSR count). The zero-order chi connectivity index (χ0) is 17.9. The van der Waals surface area contributed by atoms with E-state index < -0.39 is 0 Å². The third-order valence-electron chi connectivity index (χ3n) is 3.68. The molecule has 0 aliphatic heterocycles. The van der Waals surface area contributed by atoms with Crippen molar-refractivity contribution in [2.75, 3.05) is 11.1 Å². The molecule has 0 radical (unpaired) electrons. The summed E-state index contributed by atoms with van der Waals surface area (Å²) in [6.07, 6.45) is 3.47. The van der Waals surface area contributed by atoms with E-state index in [4.69, 9.17) is 0 Å². The number of thiazole rings is 1. The summed E-state index contributed by atoms with van der Waals surface area (Å²) >= 11 is 2.62. The molecular formula is C17H14N6OS2. The van der Waals surface area contributed by atoms with Crippen molar-refractivity contribution in [2.24, 2.45) is 0 Å². The van der Waals surface area contributed by atoms with Crippen LogP contribution in [0.3, 0.4) is 0 Å². The van der Waals surface area contributed by atoms with E-state index in [-0.39, 0.29) is 11.7 Å². The molecule has 0 fully saturated rings. The molecule has 0 spiro atoms. The maximum Gasteiger partial charge on any atom is 0.236 e. The molecule has 9 heteroatoms. The predicted molar refractivity (Wildman–Crippen MR) is 104 cm³/mol. The zero-order valence-electron chi connectivity index (χ0n) is 13.6. The lowest BCUT2D eigenvalue weighted by Gasteiger charge is -2.03. The van der Waals surface area contributed by atoms with Gasteiger partial charge < -0.3 is 9.88 Å². The van der Waals surface area contributed by atoms with Crippen LogP contribution in [0.1, 0.15) is 0 Å². The molecule has 0 unspecified atom stereocenters. The molecular weight excluding hydrogens is 368 g/mol. The van der Waals surface area contributed by atoms with Gasteiger partial charge in [-0.3, -0.25) is 4.79 Å². The second-order valence-corrected chi connectivity index (χ2v) is 7.19. The number of hydrogen-bond donors (Lipinski definition) is 1. The van der Waals surface area contributed by atoms with Crippen molar-refractivity contribution in [3.05, 3.63) is 48.5 Å². The highest BCUT2D eigenvalue weighted by molar-refractivity contribution is 7.99. The van der Waals surface area contributed by atoms with Crippen LogP contribution in [0, 0.1) is 0 Å². The van der Waals surface area contributed by atoms with Gasteiger partial charge in [-0.15, -0.1) is 28.1 Å². The van der Waals surface area contributed by atoms with E-state index in [2.05, 4.69) is 32.1 Å². The summed E-state index contributed by atoms with van der Waals surface area (Å²) in [7, 11) is 0. The standard InChI is InChI=1S/C17H14N6OS2/c1-2-8-23-12-6-4-3-5-11(12)14-15(23)20-17(22-21-14)26-10-13(24)19-16-18-7-9-25-16/h2-7,9H,1,8,10H2,(H,18,19,24). The number of nitrogens with one attached hydrogen (secondary N) is 1. The van der Waals surface area contributed by atoms with E-state index in [1.165, 1.54) is 23.1 Å². The average molecular weight is 382 g/mol. The molecule has 1 aromatic carbocycles. The fourth-order valence-electron chi connectivity index (χ4n) is 2.63. The van der Waals surface area contributed by atoms with Crippen LogP contribution < -0.4 is 5.32 Å². The monoisotopic (exact) mass is 382 g/mol. The third kappa shape index (κ3) is 3.18. The number of fused-ring (bicyclic) bond motifs is 3. The first-order valence-corrected chi connectivity index (χ1v) is 9.67. The number of carbonyl (C=O) groups is 1. The van der Waals surface area contributed by atoms with Crippen LogP contribution in [-0.4, -0.2) is 36.4 Å². The highest BCUT2D eigenvalue weighted by atomic mass is 32.2. The molecule has 0 saturated carbocycles. The lowest BCUT2D eigenvalue weighted by Crippen LogP contribution is -2.14. The minimum absolute atomic E-state index is 0.153.